The Balaban J connectivity index is 1.85. The summed E-state index contributed by atoms with van der Waals surface area (Å²) in [6.07, 6.45) is 0.686. The highest BCUT2D eigenvalue weighted by molar-refractivity contribution is 5.86. The van der Waals surface area contributed by atoms with Crippen LogP contribution in [-0.4, -0.2) is 65.5 Å². The first-order chi connectivity index (χ1) is 13.4. The van der Waals surface area contributed by atoms with E-state index in [1.165, 1.54) is 19.1 Å². The summed E-state index contributed by atoms with van der Waals surface area (Å²) in [4.78, 5) is 26.5. The molecule has 0 unspecified atom stereocenters. The number of carbonyl (C=O) groups is 2. The Hall–Kier alpha value is -3.14. The van der Waals surface area contributed by atoms with Gasteiger partial charge in [0.2, 0.25) is 5.91 Å². The lowest BCUT2D eigenvalue weighted by molar-refractivity contribution is -0.154. The van der Waals surface area contributed by atoms with E-state index in [1.54, 1.807) is 43.2 Å². The number of ether oxygens (including phenoxy) is 3. The molecule has 1 aliphatic heterocycles. The molecule has 10 heteroatoms. The van der Waals surface area contributed by atoms with Gasteiger partial charge in [0.05, 0.1) is 26.8 Å². The van der Waals surface area contributed by atoms with Crippen molar-refractivity contribution in [3.8, 4) is 11.5 Å². The third kappa shape index (κ3) is 3.91. The molecule has 0 aliphatic carbocycles. The minimum Gasteiger partial charge on any atom is -0.493 e. The maximum absolute atomic E-state index is 13.0. The number of hydrogen-bond acceptors (Lipinski definition) is 7. The number of benzene rings is 1. The molecule has 1 aromatic heterocycles. The van der Waals surface area contributed by atoms with Gasteiger partial charge >= 0.3 is 0 Å². The minimum absolute atomic E-state index is 0.183. The number of nitrogens with zero attached hydrogens (tertiary/aromatic N) is 4. The number of carbonyl (C=O) groups excluding carboxylic acids is 2. The van der Waals surface area contributed by atoms with E-state index >= 15 is 0 Å². The molecular weight excluding hydrogens is 366 g/mol. The van der Waals surface area contributed by atoms with E-state index < -0.39 is 12.1 Å². The molecule has 10 nitrogen and oxygen atoms in total. The molecule has 150 valence electrons. The van der Waals surface area contributed by atoms with Gasteiger partial charge in [-0.25, -0.2) is 0 Å². The summed E-state index contributed by atoms with van der Waals surface area (Å²) in [6.45, 7) is 0.0831. The summed E-state index contributed by atoms with van der Waals surface area (Å²) in [7, 11) is 6.52. The summed E-state index contributed by atoms with van der Waals surface area (Å²) < 4.78 is 17.9. The van der Waals surface area contributed by atoms with Crippen molar-refractivity contribution in [2.45, 2.75) is 18.7 Å². The smallest absolute Gasteiger partial charge is 0.254 e. The maximum atomic E-state index is 13.0. The third-order valence-electron chi connectivity index (χ3n) is 4.58. The molecule has 3 rings (SSSR count). The van der Waals surface area contributed by atoms with Crippen LogP contribution < -0.4 is 14.8 Å². The van der Waals surface area contributed by atoms with Crippen LogP contribution in [0.3, 0.4) is 0 Å². The van der Waals surface area contributed by atoms with Gasteiger partial charge in [-0.15, -0.1) is 10.2 Å². The van der Waals surface area contributed by atoms with Gasteiger partial charge in [0, 0.05) is 14.1 Å². The van der Waals surface area contributed by atoms with E-state index in [0.717, 1.165) is 0 Å². The Morgan fingerprint density at radius 2 is 2.11 bits per heavy atom. The fraction of sp³-hybridized carbons (Fsp3) is 0.444. The van der Waals surface area contributed by atoms with E-state index in [-0.39, 0.29) is 25.0 Å². The number of likely N-dealkylation sites (N-methyl/N-ethyl adjacent to an activating group) is 1. The maximum Gasteiger partial charge on any atom is 0.254 e. The summed E-state index contributed by atoms with van der Waals surface area (Å²) >= 11 is 0. The molecule has 28 heavy (non-hydrogen) atoms. The number of methoxy groups -OCH3 is 2. The van der Waals surface area contributed by atoms with E-state index in [2.05, 4.69) is 15.5 Å². The van der Waals surface area contributed by atoms with Crippen molar-refractivity contribution >= 4 is 11.8 Å². The molecule has 1 N–H and O–H groups in total. The number of nitrogens with one attached hydrogen (secondary N) is 1. The summed E-state index contributed by atoms with van der Waals surface area (Å²) in [6, 6.07) is 4.56. The van der Waals surface area contributed by atoms with Crippen molar-refractivity contribution < 1.29 is 23.8 Å². The lowest BCUT2D eigenvalue weighted by Gasteiger charge is -2.34. The molecule has 0 radical (unpaired) electrons. The molecule has 2 atom stereocenters. The number of amides is 2. The molecule has 1 aromatic carbocycles. The second-order valence-electron chi connectivity index (χ2n) is 6.44. The standard InChI is InChI=1S/C18H23N5O5/c1-22(8-14-21-19-10-23(14)2)18(25)17-16(20-15(24)9-28-17)11-5-6-12(26-3)13(7-11)27-4/h5-7,10,16-17H,8-9H2,1-4H3,(H,20,24)/t16-,17+/m1/s1. The van der Waals surface area contributed by atoms with E-state index in [4.69, 9.17) is 14.2 Å². The van der Waals surface area contributed by atoms with Crippen molar-refractivity contribution in [2.75, 3.05) is 27.9 Å². The van der Waals surface area contributed by atoms with Crippen LogP contribution in [0, 0.1) is 0 Å². The van der Waals surface area contributed by atoms with Crippen LogP contribution in [0.2, 0.25) is 0 Å². The van der Waals surface area contributed by atoms with Crippen molar-refractivity contribution in [1.29, 1.82) is 0 Å². The summed E-state index contributed by atoms with van der Waals surface area (Å²) in [5, 5.41) is 10.6. The summed E-state index contributed by atoms with van der Waals surface area (Å²) in [5.74, 6) is 1.12. The van der Waals surface area contributed by atoms with Crippen LogP contribution in [0.1, 0.15) is 17.4 Å². The zero-order chi connectivity index (χ0) is 20.3. The highest BCUT2D eigenvalue weighted by Gasteiger charge is 2.38. The molecular formula is C18H23N5O5. The second kappa shape index (κ2) is 8.26. The van der Waals surface area contributed by atoms with Gasteiger partial charge in [-0.05, 0) is 17.7 Å². The van der Waals surface area contributed by atoms with E-state index in [0.29, 0.717) is 22.9 Å². The first-order valence-electron chi connectivity index (χ1n) is 8.65. The van der Waals surface area contributed by atoms with Crippen molar-refractivity contribution in [3.05, 3.63) is 35.9 Å². The molecule has 1 fully saturated rings. The van der Waals surface area contributed by atoms with Crippen LogP contribution in [0.15, 0.2) is 24.5 Å². The predicted molar refractivity (Wildman–Crippen MR) is 97.6 cm³/mol. The fourth-order valence-electron chi connectivity index (χ4n) is 3.03. The third-order valence-corrected chi connectivity index (χ3v) is 4.58. The number of aryl methyl sites for hydroxylation is 1. The number of morpholine rings is 1. The van der Waals surface area contributed by atoms with Crippen LogP contribution >= 0.6 is 0 Å². The Kier molecular flexibility index (Phi) is 5.78. The van der Waals surface area contributed by atoms with Crippen LogP contribution in [0.25, 0.3) is 0 Å². The first kappa shape index (κ1) is 19.6. The van der Waals surface area contributed by atoms with E-state index in [1.807, 2.05) is 0 Å². The van der Waals surface area contributed by atoms with Crippen molar-refractivity contribution in [3.63, 3.8) is 0 Å². The van der Waals surface area contributed by atoms with Crippen molar-refractivity contribution in [2.24, 2.45) is 7.05 Å². The average molecular weight is 389 g/mol. The first-order valence-corrected chi connectivity index (χ1v) is 8.65. The molecule has 2 aromatic rings. The lowest BCUT2D eigenvalue weighted by atomic mass is 9.98. The zero-order valence-electron chi connectivity index (χ0n) is 16.2. The highest BCUT2D eigenvalue weighted by Crippen LogP contribution is 2.32. The fourth-order valence-corrected chi connectivity index (χ4v) is 3.03. The number of rotatable bonds is 6. The number of aromatic nitrogens is 3. The Morgan fingerprint density at radius 3 is 2.75 bits per heavy atom. The lowest BCUT2D eigenvalue weighted by Crippen LogP contribution is -2.52. The van der Waals surface area contributed by atoms with Gasteiger partial charge in [-0.3, -0.25) is 9.59 Å². The molecule has 2 amide bonds. The van der Waals surface area contributed by atoms with Crippen LogP contribution in [0.4, 0.5) is 0 Å². The van der Waals surface area contributed by atoms with Gasteiger partial charge in [0.25, 0.3) is 5.91 Å². The van der Waals surface area contributed by atoms with Gasteiger partial charge in [-0.2, -0.15) is 0 Å². The topological polar surface area (TPSA) is 108 Å². The average Bonchev–Trinajstić information content (AvgIpc) is 3.11. The SMILES string of the molecule is COc1ccc([C@H]2NC(=O)CO[C@@H]2C(=O)N(C)Cc2nncn2C)cc1OC. The number of hydrogen-bond donors (Lipinski definition) is 1. The predicted octanol–water partition coefficient (Wildman–Crippen LogP) is 0.0470. The Labute approximate surface area is 162 Å². The quantitative estimate of drug-likeness (QED) is 0.744. The molecule has 1 saturated heterocycles. The van der Waals surface area contributed by atoms with Gasteiger partial charge in [0.1, 0.15) is 12.9 Å². The monoisotopic (exact) mass is 389 g/mol. The second-order valence-corrected chi connectivity index (χ2v) is 6.44. The molecule has 1 aliphatic rings. The van der Waals surface area contributed by atoms with E-state index in [9.17, 15) is 9.59 Å². The molecule has 2 heterocycles. The normalized spacial score (nSPS) is 19.1. The highest BCUT2D eigenvalue weighted by atomic mass is 16.5. The Morgan fingerprint density at radius 1 is 1.36 bits per heavy atom. The van der Waals surface area contributed by atoms with Crippen LogP contribution in [0.5, 0.6) is 11.5 Å². The van der Waals surface area contributed by atoms with Gasteiger partial charge in [-0.1, -0.05) is 6.07 Å². The largest absolute Gasteiger partial charge is 0.493 e. The molecule has 0 spiro atoms. The van der Waals surface area contributed by atoms with Gasteiger partial charge < -0.3 is 29.0 Å². The zero-order valence-corrected chi connectivity index (χ0v) is 16.2. The minimum atomic E-state index is -0.881. The van der Waals surface area contributed by atoms with Crippen LogP contribution in [-0.2, 0) is 27.9 Å². The summed E-state index contributed by atoms with van der Waals surface area (Å²) in [5.41, 5.74) is 0.677. The molecule has 0 bridgehead atoms. The molecule has 0 saturated carbocycles. The Bertz CT molecular complexity index is 868. The van der Waals surface area contributed by atoms with Gasteiger partial charge in [0.15, 0.2) is 23.4 Å². The van der Waals surface area contributed by atoms with Crippen molar-refractivity contribution in [1.82, 2.24) is 25.0 Å².